The summed E-state index contributed by atoms with van der Waals surface area (Å²) in [5, 5.41) is 8.38. The standard InChI is InChI=1S/C29H32N4O7S/c1-19-8-14-24(15-9-19)41(37,38)33-26(28(35)40-27(34)25-7-4-16-30-25)17-20-10-12-21(13-11-20)31-29(36)32-22-5-3-6-23(18-22)39-2/h3,5-6,8-15,18,25-26,30,33H,4,7,16-17H2,1-2H3,(H2,31,32,36)/t25-,26-/m0/s1. The molecule has 0 saturated carbocycles. The van der Waals surface area contributed by atoms with Gasteiger partial charge in [-0.15, -0.1) is 0 Å². The van der Waals surface area contributed by atoms with Crippen molar-refractivity contribution in [2.24, 2.45) is 0 Å². The van der Waals surface area contributed by atoms with E-state index in [1.165, 1.54) is 19.2 Å². The van der Waals surface area contributed by atoms with Gasteiger partial charge in [0.05, 0.1) is 12.0 Å². The van der Waals surface area contributed by atoms with Crippen LogP contribution in [0.25, 0.3) is 0 Å². The topological polar surface area (TPSA) is 152 Å². The van der Waals surface area contributed by atoms with Gasteiger partial charge in [-0.05, 0) is 74.7 Å². The molecule has 0 aliphatic carbocycles. The maximum Gasteiger partial charge on any atom is 0.332 e. The first-order chi connectivity index (χ1) is 19.6. The Bertz CT molecular complexity index is 1490. The minimum Gasteiger partial charge on any atom is -0.497 e. The summed E-state index contributed by atoms with van der Waals surface area (Å²) in [5.74, 6) is -1.15. The third-order valence-corrected chi connectivity index (χ3v) is 7.93. The highest BCUT2D eigenvalue weighted by atomic mass is 32.2. The first kappa shape index (κ1) is 29.7. The van der Waals surface area contributed by atoms with E-state index in [1.54, 1.807) is 60.7 Å². The highest BCUT2D eigenvalue weighted by Gasteiger charge is 2.32. The Hall–Kier alpha value is -4.26. The predicted octanol–water partition coefficient (Wildman–Crippen LogP) is 3.36. The fraction of sp³-hybridized carbons (Fsp3) is 0.276. The van der Waals surface area contributed by atoms with E-state index in [0.717, 1.165) is 12.0 Å². The summed E-state index contributed by atoms with van der Waals surface area (Å²) < 4.78 is 38.8. The van der Waals surface area contributed by atoms with Crippen molar-refractivity contribution in [3.05, 3.63) is 83.9 Å². The van der Waals surface area contributed by atoms with E-state index in [9.17, 15) is 22.8 Å². The summed E-state index contributed by atoms with van der Waals surface area (Å²) in [5.41, 5.74) is 2.46. The van der Waals surface area contributed by atoms with Crippen molar-refractivity contribution in [3.63, 3.8) is 0 Å². The third kappa shape index (κ3) is 8.37. The zero-order valence-electron chi connectivity index (χ0n) is 22.7. The fourth-order valence-electron chi connectivity index (χ4n) is 4.23. The molecule has 4 rings (SSSR count). The second-order valence-electron chi connectivity index (χ2n) is 9.59. The Kier molecular flexibility index (Phi) is 9.71. The number of carbonyl (C=O) groups excluding carboxylic acids is 3. The van der Waals surface area contributed by atoms with Crippen molar-refractivity contribution in [3.8, 4) is 5.75 Å². The van der Waals surface area contributed by atoms with Gasteiger partial charge in [-0.3, -0.25) is 0 Å². The molecule has 1 aliphatic rings. The van der Waals surface area contributed by atoms with Gasteiger partial charge in [0, 0.05) is 17.4 Å². The van der Waals surface area contributed by atoms with Crippen LogP contribution in [0, 0.1) is 6.92 Å². The fourth-order valence-corrected chi connectivity index (χ4v) is 5.41. The molecular formula is C29H32N4O7S. The lowest BCUT2D eigenvalue weighted by Gasteiger charge is -2.19. The monoisotopic (exact) mass is 580 g/mol. The van der Waals surface area contributed by atoms with Crippen molar-refractivity contribution in [1.29, 1.82) is 0 Å². The average Bonchev–Trinajstić information content (AvgIpc) is 3.49. The van der Waals surface area contributed by atoms with Crippen LogP contribution >= 0.6 is 0 Å². The Labute approximate surface area is 238 Å². The lowest BCUT2D eigenvalue weighted by atomic mass is 10.1. The van der Waals surface area contributed by atoms with Crippen molar-refractivity contribution >= 4 is 39.4 Å². The summed E-state index contributed by atoms with van der Waals surface area (Å²) in [7, 11) is -2.58. The first-order valence-corrected chi connectivity index (χ1v) is 14.5. The molecule has 0 bridgehead atoms. The van der Waals surface area contributed by atoms with Crippen LogP contribution in [0.15, 0.2) is 77.7 Å². The second-order valence-corrected chi connectivity index (χ2v) is 11.3. The average molecular weight is 581 g/mol. The molecule has 11 nitrogen and oxygen atoms in total. The maximum absolute atomic E-state index is 13.1. The molecular weight excluding hydrogens is 548 g/mol. The summed E-state index contributed by atoms with van der Waals surface area (Å²) in [6, 6.07) is 17.1. The third-order valence-electron chi connectivity index (χ3n) is 6.44. The number of carbonyl (C=O) groups is 3. The van der Waals surface area contributed by atoms with Crippen LogP contribution in [0.4, 0.5) is 16.2 Å². The van der Waals surface area contributed by atoms with Crippen LogP contribution in [0.1, 0.15) is 24.0 Å². The van der Waals surface area contributed by atoms with Gasteiger partial charge >= 0.3 is 18.0 Å². The quantitative estimate of drug-likeness (QED) is 0.211. The predicted molar refractivity (Wildman–Crippen MR) is 153 cm³/mol. The molecule has 41 heavy (non-hydrogen) atoms. The van der Waals surface area contributed by atoms with Crippen molar-refractivity contribution in [2.75, 3.05) is 24.3 Å². The molecule has 3 aromatic rings. The number of amides is 2. The number of anilines is 2. The zero-order chi connectivity index (χ0) is 29.4. The van der Waals surface area contributed by atoms with E-state index in [0.29, 0.717) is 35.7 Å². The van der Waals surface area contributed by atoms with E-state index >= 15 is 0 Å². The number of sulfonamides is 1. The number of benzene rings is 3. The van der Waals surface area contributed by atoms with Crippen LogP contribution in [0.2, 0.25) is 0 Å². The van der Waals surface area contributed by atoms with Gasteiger partial charge in [0.2, 0.25) is 10.0 Å². The second kappa shape index (κ2) is 13.4. The van der Waals surface area contributed by atoms with Gasteiger partial charge in [0.1, 0.15) is 17.8 Å². The van der Waals surface area contributed by atoms with Crippen molar-refractivity contribution in [2.45, 2.75) is 43.2 Å². The molecule has 4 N–H and O–H groups in total. The molecule has 0 radical (unpaired) electrons. The molecule has 0 spiro atoms. The number of aryl methyl sites for hydroxylation is 1. The van der Waals surface area contributed by atoms with E-state index in [-0.39, 0.29) is 11.3 Å². The molecule has 12 heteroatoms. The summed E-state index contributed by atoms with van der Waals surface area (Å²) in [4.78, 5) is 37.9. The normalized spacial score (nSPS) is 15.5. The highest BCUT2D eigenvalue weighted by Crippen LogP contribution is 2.19. The first-order valence-electron chi connectivity index (χ1n) is 13.0. The number of hydrogen-bond donors (Lipinski definition) is 4. The maximum atomic E-state index is 13.1. The lowest BCUT2D eigenvalue weighted by Crippen LogP contribution is -2.45. The molecule has 1 aliphatic heterocycles. The number of nitrogens with one attached hydrogen (secondary N) is 4. The number of esters is 2. The van der Waals surface area contributed by atoms with Gasteiger partial charge in [-0.1, -0.05) is 35.9 Å². The Balaban J connectivity index is 1.45. The molecule has 2 atom stereocenters. The zero-order valence-corrected chi connectivity index (χ0v) is 23.5. The Morgan fingerprint density at radius 3 is 2.34 bits per heavy atom. The van der Waals surface area contributed by atoms with E-state index in [2.05, 4.69) is 20.7 Å². The summed E-state index contributed by atoms with van der Waals surface area (Å²) >= 11 is 0. The van der Waals surface area contributed by atoms with Crippen LogP contribution in [0.5, 0.6) is 5.75 Å². The van der Waals surface area contributed by atoms with Gasteiger partial charge in [0.25, 0.3) is 0 Å². The number of ether oxygens (including phenoxy) is 2. The molecule has 0 aromatic heterocycles. The van der Waals surface area contributed by atoms with Crippen molar-refractivity contribution in [1.82, 2.24) is 10.0 Å². The molecule has 1 fully saturated rings. The highest BCUT2D eigenvalue weighted by molar-refractivity contribution is 7.89. The van der Waals surface area contributed by atoms with Gasteiger partial charge in [0.15, 0.2) is 0 Å². The number of methoxy groups -OCH3 is 1. The minimum absolute atomic E-state index is 0.0220. The molecule has 0 unspecified atom stereocenters. The minimum atomic E-state index is -4.11. The van der Waals surface area contributed by atoms with Crippen LogP contribution < -0.4 is 25.4 Å². The van der Waals surface area contributed by atoms with Crippen LogP contribution in [-0.4, -0.2) is 52.1 Å². The Morgan fingerprint density at radius 1 is 0.976 bits per heavy atom. The van der Waals surface area contributed by atoms with Crippen LogP contribution in [-0.2, 0) is 30.8 Å². The smallest absolute Gasteiger partial charge is 0.332 e. The SMILES string of the molecule is COc1cccc(NC(=O)Nc2ccc(C[C@H](NS(=O)(=O)c3ccc(C)cc3)C(=O)OC(=O)[C@@H]3CCCN3)cc2)c1. The number of urea groups is 1. The summed E-state index contributed by atoms with van der Waals surface area (Å²) in [6.45, 7) is 2.46. The molecule has 1 saturated heterocycles. The van der Waals surface area contributed by atoms with Crippen molar-refractivity contribution < 1.29 is 32.3 Å². The molecule has 216 valence electrons. The van der Waals surface area contributed by atoms with Gasteiger partial charge in [-0.25, -0.2) is 22.8 Å². The Morgan fingerprint density at radius 2 is 1.68 bits per heavy atom. The number of rotatable bonds is 10. The van der Waals surface area contributed by atoms with E-state index in [4.69, 9.17) is 9.47 Å². The van der Waals surface area contributed by atoms with E-state index < -0.39 is 40.1 Å². The molecule has 1 heterocycles. The van der Waals surface area contributed by atoms with Crippen LogP contribution in [0.3, 0.4) is 0 Å². The largest absolute Gasteiger partial charge is 0.497 e. The van der Waals surface area contributed by atoms with E-state index in [1.807, 2.05) is 6.92 Å². The van der Waals surface area contributed by atoms with Gasteiger partial charge in [-0.2, -0.15) is 4.72 Å². The summed E-state index contributed by atoms with van der Waals surface area (Å²) in [6.07, 6.45) is 1.21. The number of hydrogen-bond acceptors (Lipinski definition) is 8. The lowest BCUT2D eigenvalue weighted by molar-refractivity contribution is -0.162. The van der Waals surface area contributed by atoms with Gasteiger partial charge < -0.3 is 25.4 Å². The molecule has 2 amide bonds. The molecule has 3 aromatic carbocycles.